The number of hydrogen-bond donors (Lipinski definition) is 1. The van der Waals surface area contributed by atoms with Gasteiger partial charge in [-0.05, 0) is 25.0 Å². The van der Waals surface area contributed by atoms with Gasteiger partial charge in [-0.15, -0.1) is 0 Å². The van der Waals surface area contributed by atoms with Crippen LogP contribution >= 0.6 is 0 Å². The third-order valence-corrected chi connectivity index (χ3v) is 3.37. The summed E-state index contributed by atoms with van der Waals surface area (Å²) in [6.45, 7) is 2.28. The number of benzene rings is 1. The quantitative estimate of drug-likeness (QED) is 0.735. The predicted octanol–water partition coefficient (Wildman–Crippen LogP) is 1.01. The molecule has 0 amide bonds. The minimum Gasteiger partial charge on any atom is -0.391 e. The number of aliphatic hydroxyl groups is 1. The molecule has 0 aliphatic carbocycles. The Hall–Kier alpha value is -1.68. The second-order valence-electron chi connectivity index (χ2n) is 4.61. The molecule has 3 rings (SSSR count). The van der Waals surface area contributed by atoms with Gasteiger partial charge in [0.05, 0.1) is 23.6 Å². The topological polar surface area (TPSA) is 55.1 Å². The Labute approximate surface area is 98.5 Å². The number of fused-ring (bicyclic) bond motifs is 2. The lowest BCUT2D eigenvalue weighted by atomic mass is 10.1. The summed E-state index contributed by atoms with van der Waals surface area (Å²) in [6.07, 6.45) is 0.924. The fraction of sp³-hybridized carbons (Fsp3) is 0.385. The summed E-state index contributed by atoms with van der Waals surface area (Å²) in [4.78, 5) is 16.9. The van der Waals surface area contributed by atoms with Gasteiger partial charge >= 0.3 is 0 Å². The van der Waals surface area contributed by atoms with E-state index in [1.54, 1.807) is 4.57 Å². The molecule has 4 heteroatoms. The molecule has 1 unspecified atom stereocenters. The first-order valence-corrected chi connectivity index (χ1v) is 5.84. The van der Waals surface area contributed by atoms with Gasteiger partial charge in [0, 0.05) is 6.42 Å². The third-order valence-electron chi connectivity index (χ3n) is 3.37. The number of hydrogen-bond acceptors (Lipinski definition) is 3. The highest BCUT2D eigenvalue weighted by Gasteiger charge is 2.20. The fourth-order valence-electron chi connectivity index (χ4n) is 2.45. The Morgan fingerprint density at radius 3 is 3.12 bits per heavy atom. The van der Waals surface area contributed by atoms with Crippen molar-refractivity contribution in [3.8, 4) is 0 Å². The second-order valence-corrected chi connectivity index (χ2v) is 4.61. The molecule has 0 saturated carbocycles. The van der Waals surface area contributed by atoms with Gasteiger partial charge in [-0.25, -0.2) is 4.98 Å². The third kappa shape index (κ3) is 1.56. The van der Waals surface area contributed by atoms with Gasteiger partial charge in [-0.1, -0.05) is 12.1 Å². The van der Waals surface area contributed by atoms with Crippen molar-refractivity contribution >= 4 is 10.9 Å². The normalized spacial score (nSPS) is 19.3. The van der Waals surface area contributed by atoms with E-state index < -0.39 is 6.10 Å². The molecule has 1 aliphatic rings. The number of aryl methyl sites for hydroxylation is 2. The molecule has 0 fully saturated rings. The zero-order valence-corrected chi connectivity index (χ0v) is 9.68. The van der Waals surface area contributed by atoms with Crippen molar-refractivity contribution in [2.24, 2.45) is 0 Å². The predicted molar refractivity (Wildman–Crippen MR) is 65.1 cm³/mol. The van der Waals surface area contributed by atoms with Crippen molar-refractivity contribution in [2.45, 2.75) is 32.4 Å². The molecule has 1 aliphatic heterocycles. The highest BCUT2D eigenvalue weighted by molar-refractivity contribution is 5.81. The summed E-state index contributed by atoms with van der Waals surface area (Å²) in [5.41, 5.74) is 1.68. The van der Waals surface area contributed by atoms with Crippen LogP contribution in [0.1, 0.15) is 17.8 Å². The van der Waals surface area contributed by atoms with Crippen LogP contribution < -0.4 is 5.56 Å². The van der Waals surface area contributed by atoms with Gasteiger partial charge in [0.1, 0.15) is 5.82 Å². The van der Waals surface area contributed by atoms with Crippen LogP contribution in [0.2, 0.25) is 0 Å². The number of aliphatic hydroxyl groups excluding tert-OH is 1. The van der Waals surface area contributed by atoms with Crippen LogP contribution in [0.15, 0.2) is 23.0 Å². The Kier molecular flexibility index (Phi) is 2.26. The molecule has 1 aromatic heterocycles. The smallest absolute Gasteiger partial charge is 0.261 e. The standard InChI is InChI=1S/C13H14N2O2/c1-8-3-2-4-10-12(8)13(17)15-7-9(16)5-6-11(15)14-10/h2-4,9,16H,5-7H2,1H3. The Morgan fingerprint density at radius 1 is 1.47 bits per heavy atom. The highest BCUT2D eigenvalue weighted by Crippen LogP contribution is 2.17. The molecule has 1 aromatic carbocycles. The van der Waals surface area contributed by atoms with Crippen LogP contribution in [0.5, 0.6) is 0 Å². The number of nitrogens with zero attached hydrogens (tertiary/aromatic N) is 2. The average Bonchev–Trinajstić information content (AvgIpc) is 2.30. The zero-order valence-electron chi connectivity index (χ0n) is 9.68. The van der Waals surface area contributed by atoms with E-state index >= 15 is 0 Å². The fourth-order valence-corrected chi connectivity index (χ4v) is 2.45. The van der Waals surface area contributed by atoms with Gasteiger partial charge < -0.3 is 5.11 Å². The Balaban J connectivity index is 2.38. The summed E-state index contributed by atoms with van der Waals surface area (Å²) >= 11 is 0. The van der Waals surface area contributed by atoms with E-state index in [1.807, 2.05) is 25.1 Å². The summed E-state index contributed by atoms with van der Waals surface area (Å²) in [5.74, 6) is 0.790. The van der Waals surface area contributed by atoms with E-state index in [9.17, 15) is 9.90 Å². The maximum absolute atomic E-state index is 12.4. The summed E-state index contributed by atoms with van der Waals surface area (Å²) in [6, 6.07) is 5.70. The molecule has 1 atom stereocenters. The van der Waals surface area contributed by atoms with E-state index in [4.69, 9.17) is 0 Å². The molecular weight excluding hydrogens is 216 g/mol. The molecular formula is C13H14N2O2. The lowest BCUT2D eigenvalue weighted by Gasteiger charge is -2.22. The van der Waals surface area contributed by atoms with Crippen LogP contribution in [0.3, 0.4) is 0 Å². The van der Waals surface area contributed by atoms with E-state index in [1.165, 1.54) is 0 Å². The maximum atomic E-state index is 12.4. The first-order valence-electron chi connectivity index (χ1n) is 5.84. The molecule has 2 aromatic rings. The van der Waals surface area contributed by atoms with E-state index in [-0.39, 0.29) is 5.56 Å². The lowest BCUT2D eigenvalue weighted by Crippen LogP contribution is -2.35. The monoisotopic (exact) mass is 230 g/mol. The number of rotatable bonds is 0. The molecule has 2 heterocycles. The van der Waals surface area contributed by atoms with Crippen molar-refractivity contribution < 1.29 is 5.11 Å². The molecule has 1 N–H and O–H groups in total. The van der Waals surface area contributed by atoms with Gasteiger partial charge in [0.2, 0.25) is 0 Å². The molecule has 0 saturated heterocycles. The molecule has 0 bridgehead atoms. The largest absolute Gasteiger partial charge is 0.391 e. The maximum Gasteiger partial charge on any atom is 0.261 e. The van der Waals surface area contributed by atoms with E-state index in [0.29, 0.717) is 24.8 Å². The molecule has 0 spiro atoms. The highest BCUT2D eigenvalue weighted by atomic mass is 16.3. The summed E-state index contributed by atoms with van der Waals surface area (Å²) in [5, 5.41) is 10.3. The average molecular weight is 230 g/mol. The van der Waals surface area contributed by atoms with Crippen LogP contribution in [0.25, 0.3) is 10.9 Å². The lowest BCUT2D eigenvalue weighted by molar-refractivity contribution is 0.128. The summed E-state index contributed by atoms with van der Waals surface area (Å²) < 4.78 is 1.61. The van der Waals surface area contributed by atoms with Crippen LogP contribution in [0, 0.1) is 6.92 Å². The SMILES string of the molecule is Cc1cccc2nc3n(c(=O)c12)CC(O)CC3. The van der Waals surface area contributed by atoms with Gasteiger partial charge in [-0.3, -0.25) is 9.36 Å². The molecule has 88 valence electrons. The van der Waals surface area contributed by atoms with Gasteiger partial charge in [-0.2, -0.15) is 0 Å². The first kappa shape index (κ1) is 10.5. The van der Waals surface area contributed by atoms with Crippen LogP contribution in [0.4, 0.5) is 0 Å². The molecule has 0 radical (unpaired) electrons. The van der Waals surface area contributed by atoms with E-state index in [2.05, 4.69) is 4.98 Å². The van der Waals surface area contributed by atoms with Crippen molar-refractivity contribution in [3.05, 3.63) is 39.9 Å². The number of aromatic nitrogens is 2. The molecule has 17 heavy (non-hydrogen) atoms. The minimum atomic E-state index is -0.427. The first-order chi connectivity index (χ1) is 8.16. The van der Waals surface area contributed by atoms with Gasteiger partial charge in [0.25, 0.3) is 5.56 Å². The second kappa shape index (κ2) is 3.67. The summed E-state index contributed by atoms with van der Waals surface area (Å²) in [7, 11) is 0. The van der Waals surface area contributed by atoms with Crippen molar-refractivity contribution in [1.82, 2.24) is 9.55 Å². The van der Waals surface area contributed by atoms with E-state index in [0.717, 1.165) is 16.9 Å². The van der Waals surface area contributed by atoms with Crippen LogP contribution in [-0.2, 0) is 13.0 Å². The zero-order chi connectivity index (χ0) is 12.0. The van der Waals surface area contributed by atoms with Crippen LogP contribution in [-0.4, -0.2) is 20.8 Å². The van der Waals surface area contributed by atoms with Gasteiger partial charge in [0.15, 0.2) is 0 Å². The van der Waals surface area contributed by atoms with Crippen molar-refractivity contribution in [3.63, 3.8) is 0 Å². The Bertz CT molecular complexity index is 646. The van der Waals surface area contributed by atoms with Crippen molar-refractivity contribution in [1.29, 1.82) is 0 Å². The Morgan fingerprint density at radius 2 is 2.29 bits per heavy atom. The molecule has 4 nitrogen and oxygen atoms in total. The minimum absolute atomic E-state index is 0.0261. The van der Waals surface area contributed by atoms with Crippen molar-refractivity contribution in [2.75, 3.05) is 0 Å².